The van der Waals surface area contributed by atoms with Gasteiger partial charge in [-0.25, -0.2) is 0 Å². The van der Waals surface area contributed by atoms with E-state index in [0.717, 1.165) is 6.42 Å². The molecule has 2 rings (SSSR count). The molecule has 1 aromatic carbocycles. The number of halogens is 1. The molecule has 6 heteroatoms. The topological polar surface area (TPSA) is 69.6 Å². The van der Waals surface area contributed by atoms with Crippen LogP contribution in [-0.4, -0.2) is 36.1 Å². The fourth-order valence-electron chi connectivity index (χ4n) is 2.83. The average Bonchev–Trinajstić information content (AvgIpc) is 2.91. The van der Waals surface area contributed by atoms with Gasteiger partial charge in [-0.05, 0) is 37.0 Å². The third-order valence-corrected chi connectivity index (χ3v) is 4.12. The van der Waals surface area contributed by atoms with Crippen LogP contribution in [0.25, 0.3) is 0 Å². The van der Waals surface area contributed by atoms with Crippen molar-refractivity contribution in [2.75, 3.05) is 18.1 Å². The van der Waals surface area contributed by atoms with E-state index in [0.29, 0.717) is 41.6 Å². The number of aliphatic hydroxyl groups excluding tert-OH is 1. The molecule has 1 fully saturated rings. The smallest absolute Gasteiger partial charge is 0.253 e. The minimum atomic E-state index is -0.305. The molecule has 1 saturated heterocycles. The van der Waals surface area contributed by atoms with E-state index in [4.69, 9.17) is 11.6 Å². The predicted octanol–water partition coefficient (Wildman–Crippen LogP) is 2.60. The van der Waals surface area contributed by atoms with Gasteiger partial charge in [-0.1, -0.05) is 25.4 Å². The predicted molar refractivity (Wildman–Crippen MR) is 90.8 cm³/mol. The number of carbonyl (C=O) groups excluding carboxylic acids is 2. The summed E-state index contributed by atoms with van der Waals surface area (Å²) in [6, 6.07) is 4.61. The quantitative estimate of drug-likeness (QED) is 0.837. The molecule has 1 atom stereocenters. The molecular formula is C17H23ClN2O3. The maximum Gasteiger partial charge on any atom is 0.253 e. The number of hydrogen-bond donors (Lipinski definition) is 2. The van der Waals surface area contributed by atoms with E-state index in [1.807, 2.05) is 13.8 Å². The minimum absolute atomic E-state index is 0.00204. The zero-order chi connectivity index (χ0) is 17.0. The molecule has 0 aliphatic carbocycles. The summed E-state index contributed by atoms with van der Waals surface area (Å²) in [4.78, 5) is 26.2. The Hall–Kier alpha value is -1.59. The van der Waals surface area contributed by atoms with E-state index in [2.05, 4.69) is 5.32 Å². The van der Waals surface area contributed by atoms with Gasteiger partial charge in [0.25, 0.3) is 5.91 Å². The summed E-state index contributed by atoms with van der Waals surface area (Å²) < 4.78 is 0. The first-order valence-electron chi connectivity index (χ1n) is 7.94. The Bertz CT molecular complexity index is 589. The average molecular weight is 339 g/mol. The molecule has 0 saturated carbocycles. The second-order valence-electron chi connectivity index (χ2n) is 6.29. The van der Waals surface area contributed by atoms with Crippen molar-refractivity contribution in [2.45, 2.75) is 39.2 Å². The first-order valence-corrected chi connectivity index (χ1v) is 8.31. The lowest BCUT2D eigenvalue weighted by Crippen LogP contribution is -2.39. The third kappa shape index (κ3) is 4.45. The number of nitrogens with one attached hydrogen (secondary N) is 1. The number of nitrogens with zero attached hydrogens (tertiary/aromatic N) is 1. The van der Waals surface area contributed by atoms with Gasteiger partial charge in [0, 0.05) is 18.0 Å². The molecule has 2 N–H and O–H groups in total. The Kier molecular flexibility index (Phi) is 6.02. The molecule has 2 amide bonds. The van der Waals surface area contributed by atoms with Gasteiger partial charge in [0.05, 0.1) is 23.9 Å². The van der Waals surface area contributed by atoms with Crippen LogP contribution in [0.5, 0.6) is 0 Å². The molecule has 1 aliphatic rings. The maximum atomic E-state index is 12.6. The molecule has 0 radical (unpaired) electrons. The number of anilines is 1. The number of rotatable bonds is 6. The fourth-order valence-corrected chi connectivity index (χ4v) is 3.00. The van der Waals surface area contributed by atoms with Crippen molar-refractivity contribution in [2.24, 2.45) is 5.92 Å². The van der Waals surface area contributed by atoms with Crippen LogP contribution in [0.15, 0.2) is 18.2 Å². The van der Waals surface area contributed by atoms with Crippen LogP contribution in [0, 0.1) is 5.92 Å². The molecule has 0 spiro atoms. The van der Waals surface area contributed by atoms with Gasteiger partial charge >= 0.3 is 0 Å². The lowest BCUT2D eigenvalue weighted by Gasteiger charge is -2.22. The largest absolute Gasteiger partial charge is 0.394 e. The second kappa shape index (κ2) is 7.79. The summed E-state index contributed by atoms with van der Waals surface area (Å²) in [6.07, 6.45) is 1.95. The lowest BCUT2D eigenvalue weighted by atomic mass is 10.0. The molecule has 0 bridgehead atoms. The summed E-state index contributed by atoms with van der Waals surface area (Å²) >= 11 is 6.04. The monoisotopic (exact) mass is 338 g/mol. The molecule has 1 aromatic rings. The van der Waals surface area contributed by atoms with E-state index >= 15 is 0 Å². The van der Waals surface area contributed by atoms with Crippen LogP contribution < -0.4 is 10.2 Å². The van der Waals surface area contributed by atoms with Crippen molar-refractivity contribution >= 4 is 29.1 Å². The molecule has 1 unspecified atom stereocenters. The number of hydrogen-bond acceptors (Lipinski definition) is 3. The van der Waals surface area contributed by atoms with Crippen LogP contribution in [0.2, 0.25) is 5.02 Å². The molecule has 5 nitrogen and oxygen atoms in total. The SMILES string of the molecule is CC(C)CC(CO)NC(=O)c1ccc(Cl)cc1N1CCCC1=O. The third-order valence-electron chi connectivity index (χ3n) is 3.88. The highest BCUT2D eigenvalue weighted by atomic mass is 35.5. The number of benzene rings is 1. The van der Waals surface area contributed by atoms with Crippen LogP contribution in [0.1, 0.15) is 43.5 Å². The highest BCUT2D eigenvalue weighted by Gasteiger charge is 2.27. The van der Waals surface area contributed by atoms with Gasteiger partial charge in [-0.2, -0.15) is 0 Å². The zero-order valence-corrected chi connectivity index (χ0v) is 14.3. The Morgan fingerprint density at radius 1 is 1.43 bits per heavy atom. The van der Waals surface area contributed by atoms with Crippen LogP contribution >= 0.6 is 11.6 Å². The highest BCUT2D eigenvalue weighted by molar-refractivity contribution is 6.31. The molecule has 1 aliphatic heterocycles. The van der Waals surface area contributed by atoms with Crippen LogP contribution in [-0.2, 0) is 4.79 Å². The van der Waals surface area contributed by atoms with Crippen molar-refractivity contribution in [3.8, 4) is 0 Å². The Labute approximate surface area is 141 Å². The summed E-state index contributed by atoms with van der Waals surface area (Å²) in [7, 11) is 0. The van der Waals surface area contributed by atoms with Gasteiger partial charge in [0.2, 0.25) is 5.91 Å². The van der Waals surface area contributed by atoms with E-state index < -0.39 is 0 Å². The molecule has 1 heterocycles. The van der Waals surface area contributed by atoms with Gasteiger partial charge < -0.3 is 15.3 Å². The van der Waals surface area contributed by atoms with Gasteiger partial charge in [-0.15, -0.1) is 0 Å². The lowest BCUT2D eigenvalue weighted by molar-refractivity contribution is -0.117. The number of aliphatic hydroxyl groups is 1. The Morgan fingerprint density at radius 3 is 2.74 bits per heavy atom. The van der Waals surface area contributed by atoms with Crippen molar-refractivity contribution in [1.82, 2.24) is 5.32 Å². The van der Waals surface area contributed by atoms with Gasteiger partial charge in [-0.3, -0.25) is 9.59 Å². The fraction of sp³-hybridized carbons (Fsp3) is 0.529. The van der Waals surface area contributed by atoms with Crippen molar-refractivity contribution in [1.29, 1.82) is 0 Å². The maximum absolute atomic E-state index is 12.6. The zero-order valence-electron chi connectivity index (χ0n) is 13.5. The molecule has 0 aromatic heterocycles. The van der Waals surface area contributed by atoms with Gasteiger partial charge in [0.1, 0.15) is 0 Å². The molecule has 126 valence electrons. The normalized spacial score (nSPS) is 16.0. The Balaban J connectivity index is 2.24. The second-order valence-corrected chi connectivity index (χ2v) is 6.73. The van der Waals surface area contributed by atoms with Crippen LogP contribution in [0.4, 0.5) is 5.69 Å². The van der Waals surface area contributed by atoms with E-state index in [9.17, 15) is 14.7 Å². The van der Waals surface area contributed by atoms with Crippen molar-refractivity contribution < 1.29 is 14.7 Å². The summed E-state index contributed by atoms with van der Waals surface area (Å²) in [5.41, 5.74) is 0.950. The van der Waals surface area contributed by atoms with Crippen molar-refractivity contribution in [3.05, 3.63) is 28.8 Å². The summed E-state index contributed by atoms with van der Waals surface area (Å²) in [6.45, 7) is 4.54. The minimum Gasteiger partial charge on any atom is -0.394 e. The summed E-state index contributed by atoms with van der Waals surface area (Å²) in [5.74, 6) is 0.0653. The Morgan fingerprint density at radius 2 is 2.17 bits per heavy atom. The standard InChI is InChI=1S/C17H23ClN2O3/c1-11(2)8-13(10-21)19-17(23)14-6-5-12(18)9-15(14)20-7-3-4-16(20)22/h5-6,9,11,13,21H,3-4,7-8,10H2,1-2H3,(H,19,23). The highest BCUT2D eigenvalue weighted by Crippen LogP contribution is 2.28. The van der Waals surface area contributed by atoms with Gasteiger partial charge in [0.15, 0.2) is 0 Å². The first-order chi connectivity index (χ1) is 10.9. The number of amides is 2. The van der Waals surface area contributed by atoms with E-state index in [1.165, 1.54) is 0 Å². The first kappa shape index (κ1) is 17.8. The number of carbonyl (C=O) groups is 2. The summed E-state index contributed by atoms with van der Waals surface area (Å²) in [5, 5.41) is 12.8. The van der Waals surface area contributed by atoms with Crippen molar-refractivity contribution in [3.63, 3.8) is 0 Å². The van der Waals surface area contributed by atoms with Crippen LogP contribution in [0.3, 0.4) is 0 Å². The molecular weight excluding hydrogens is 316 g/mol. The molecule has 23 heavy (non-hydrogen) atoms. The van der Waals surface area contributed by atoms with E-state index in [1.54, 1.807) is 23.1 Å². The van der Waals surface area contributed by atoms with E-state index in [-0.39, 0.29) is 24.5 Å².